The van der Waals surface area contributed by atoms with Crippen LogP contribution < -0.4 is 10.1 Å². The van der Waals surface area contributed by atoms with Crippen molar-refractivity contribution in [2.24, 2.45) is 0 Å². The fourth-order valence-electron chi connectivity index (χ4n) is 2.14. The van der Waals surface area contributed by atoms with Gasteiger partial charge in [-0.1, -0.05) is 6.07 Å². The van der Waals surface area contributed by atoms with E-state index < -0.39 is 0 Å². The van der Waals surface area contributed by atoms with Gasteiger partial charge in [0.15, 0.2) is 0 Å². The maximum Gasteiger partial charge on any atom is 0.231 e. The summed E-state index contributed by atoms with van der Waals surface area (Å²) in [5.74, 6) is 0.619. The Balaban J connectivity index is 1.52. The average Bonchev–Trinajstić information content (AvgIpc) is 3.01. The highest BCUT2D eigenvalue weighted by atomic mass is 32.1. The molecule has 1 aromatic carbocycles. The maximum atomic E-state index is 12.8. The molecule has 0 saturated heterocycles. The fourth-order valence-corrected chi connectivity index (χ4v) is 2.84. The minimum Gasteiger partial charge on any atom is -0.486 e. The third-order valence-corrected chi connectivity index (χ3v) is 4.14. The Hall–Kier alpha value is -2.80. The number of carbonyl (C=O) groups excluding carboxylic acids is 1. The van der Waals surface area contributed by atoms with E-state index >= 15 is 0 Å². The number of halogens is 1. The van der Waals surface area contributed by atoms with E-state index in [4.69, 9.17) is 4.74 Å². The molecule has 0 aliphatic rings. The summed E-state index contributed by atoms with van der Waals surface area (Å²) in [7, 11) is 0. The molecule has 7 heteroatoms. The number of anilines is 1. The summed E-state index contributed by atoms with van der Waals surface area (Å²) < 4.78 is 18.4. The molecule has 3 rings (SSSR count). The van der Waals surface area contributed by atoms with Gasteiger partial charge >= 0.3 is 0 Å². The number of pyridine rings is 1. The number of aryl methyl sites for hydroxylation is 1. The molecule has 128 valence electrons. The maximum absolute atomic E-state index is 12.8. The predicted molar refractivity (Wildman–Crippen MR) is 94.2 cm³/mol. The first-order valence-electron chi connectivity index (χ1n) is 7.63. The molecule has 0 radical (unpaired) electrons. The van der Waals surface area contributed by atoms with Gasteiger partial charge in [0, 0.05) is 11.1 Å². The first kappa shape index (κ1) is 17.0. The first-order chi connectivity index (χ1) is 12.1. The number of nitrogens with one attached hydrogen (secondary N) is 1. The van der Waals surface area contributed by atoms with Crippen LogP contribution in [-0.2, 0) is 17.8 Å². The lowest BCUT2D eigenvalue weighted by Gasteiger charge is -2.04. The van der Waals surface area contributed by atoms with Gasteiger partial charge in [-0.05, 0) is 43.3 Å². The average molecular weight is 357 g/mol. The van der Waals surface area contributed by atoms with Crippen LogP contribution >= 0.6 is 11.3 Å². The highest BCUT2D eigenvalue weighted by Crippen LogP contribution is 2.16. The minimum absolute atomic E-state index is 0.169. The van der Waals surface area contributed by atoms with Crippen molar-refractivity contribution in [3.05, 3.63) is 70.1 Å². The molecule has 0 aliphatic heterocycles. The number of benzene rings is 1. The number of hydrogen-bond donors (Lipinski definition) is 1. The van der Waals surface area contributed by atoms with Crippen LogP contribution in [0.2, 0.25) is 0 Å². The summed E-state index contributed by atoms with van der Waals surface area (Å²) in [5.41, 5.74) is 1.51. The number of rotatable bonds is 6. The Labute approximate surface area is 148 Å². The lowest BCUT2D eigenvalue weighted by Crippen LogP contribution is -2.15. The van der Waals surface area contributed by atoms with Crippen molar-refractivity contribution in [3.8, 4) is 5.75 Å². The van der Waals surface area contributed by atoms with Crippen LogP contribution in [0.15, 0.2) is 47.8 Å². The second-order valence-electron chi connectivity index (χ2n) is 5.36. The van der Waals surface area contributed by atoms with E-state index in [1.54, 1.807) is 18.2 Å². The molecular formula is C18H16FN3O2S. The lowest BCUT2D eigenvalue weighted by atomic mass is 10.3. The van der Waals surface area contributed by atoms with Crippen molar-refractivity contribution in [2.45, 2.75) is 20.0 Å². The minimum atomic E-state index is -0.307. The molecule has 2 heterocycles. The smallest absolute Gasteiger partial charge is 0.231 e. The summed E-state index contributed by atoms with van der Waals surface area (Å²) >= 11 is 1.42. The third-order valence-electron chi connectivity index (χ3n) is 3.27. The zero-order valence-electron chi connectivity index (χ0n) is 13.5. The molecule has 25 heavy (non-hydrogen) atoms. The largest absolute Gasteiger partial charge is 0.486 e. The van der Waals surface area contributed by atoms with Crippen molar-refractivity contribution in [1.82, 2.24) is 9.97 Å². The van der Waals surface area contributed by atoms with Gasteiger partial charge in [-0.2, -0.15) is 0 Å². The van der Waals surface area contributed by atoms with Crippen molar-refractivity contribution >= 4 is 23.1 Å². The Morgan fingerprint density at radius 1 is 1.20 bits per heavy atom. The molecule has 2 aromatic heterocycles. The topological polar surface area (TPSA) is 64.1 Å². The van der Waals surface area contributed by atoms with Gasteiger partial charge in [0.25, 0.3) is 0 Å². The third kappa shape index (κ3) is 5.09. The van der Waals surface area contributed by atoms with Crippen molar-refractivity contribution < 1.29 is 13.9 Å². The van der Waals surface area contributed by atoms with Crippen LogP contribution in [-0.4, -0.2) is 15.9 Å². The van der Waals surface area contributed by atoms with E-state index in [0.717, 1.165) is 10.7 Å². The van der Waals surface area contributed by atoms with Gasteiger partial charge < -0.3 is 10.1 Å². The summed E-state index contributed by atoms with van der Waals surface area (Å²) in [5, 5.41) is 5.33. The summed E-state index contributed by atoms with van der Waals surface area (Å²) in [6, 6.07) is 11.2. The molecule has 0 unspecified atom stereocenters. The SMILES string of the molecule is Cc1cccc(NC(=O)Cc2csc(COc3ccc(F)cc3)n2)n1. The number of hydrogen-bond acceptors (Lipinski definition) is 5. The Bertz CT molecular complexity index is 865. The van der Waals surface area contributed by atoms with Crippen LogP contribution in [0.25, 0.3) is 0 Å². The Kier molecular flexibility index (Phi) is 5.35. The summed E-state index contributed by atoms with van der Waals surface area (Å²) in [6.07, 6.45) is 0.169. The highest BCUT2D eigenvalue weighted by Gasteiger charge is 2.09. The Morgan fingerprint density at radius 3 is 2.76 bits per heavy atom. The van der Waals surface area contributed by atoms with Crippen LogP contribution in [0, 0.1) is 12.7 Å². The van der Waals surface area contributed by atoms with E-state index in [9.17, 15) is 9.18 Å². The van der Waals surface area contributed by atoms with Gasteiger partial charge in [0.2, 0.25) is 5.91 Å². The normalized spacial score (nSPS) is 10.5. The van der Waals surface area contributed by atoms with Gasteiger partial charge in [-0.15, -0.1) is 11.3 Å². The Morgan fingerprint density at radius 2 is 2.00 bits per heavy atom. The predicted octanol–water partition coefficient (Wildman–Crippen LogP) is 3.75. The summed E-state index contributed by atoms with van der Waals surface area (Å²) in [4.78, 5) is 20.7. The van der Waals surface area contributed by atoms with E-state index in [1.807, 2.05) is 24.4 Å². The van der Waals surface area contributed by atoms with Crippen LogP contribution in [0.3, 0.4) is 0 Å². The van der Waals surface area contributed by atoms with E-state index in [-0.39, 0.29) is 24.8 Å². The number of ether oxygens (including phenoxy) is 1. The molecule has 5 nitrogen and oxygen atoms in total. The van der Waals surface area contributed by atoms with Crippen molar-refractivity contribution in [3.63, 3.8) is 0 Å². The van der Waals surface area contributed by atoms with Crippen molar-refractivity contribution in [2.75, 3.05) is 5.32 Å². The van der Waals surface area contributed by atoms with Crippen molar-refractivity contribution in [1.29, 1.82) is 0 Å². The zero-order chi connectivity index (χ0) is 17.6. The summed E-state index contributed by atoms with van der Waals surface area (Å²) in [6.45, 7) is 2.14. The number of aromatic nitrogens is 2. The number of thiazole rings is 1. The number of carbonyl (C=O) groups is 1. The standard InChI is InChI=1S/C18H16FN3O2S/c1-12-3-2-4-16(20-12)22-17(23)9-14-11-25-18(21-14)10-24-15-7-5-13(19)6-8-15/h2-8,11H,9-10H2,1H3,(H,20,22,23). The quantitative estimate of drug-likeness (QED) is 0.730. The van der Waals surface area contributed by atoms with E-state index in [1.165, 1.54) is 23.5 Å². The number of amides is 1. The number of nitrogens with zero attached hydrogens (tertiary/aromatic N) is 2. The molecule has 0 bridgehead atoms. The fraction of sp³-hybridized carbons (Fsp3) is 0.167. The second-order valence-corrected chi connectivity index (χ2v) is 6.31. The molecule has 1 amide bonds. The molecule has 0 saturated carbocycles. The monoisotopic (exact) mass is 357 g/mol. The van der Waals surface area contributed by atoms with E-state index in [2.05, 4.69) is 15.3 Å². The molecular weight excluding hydrogens is 341 g/mol. The van der Waals surface area contributed by atoms with Gasteiger partial charge in [0.05, 0.1) is 12.1 Å². The second kappa shape index (κ2) is 7.85. The molecule has 3 aromatic rings. The van der Waals surface area contributed by atoms with Crippen LogP contribution in [0.1, 0.15) is 16.4 Å². The first-order valence-corrected chi connectivity index (χ1v) is 8.51. The van der Waals surface area contributed by atoms with Crippen LogP contribution in [0.5, 0.6) is 5.75 Å². The van der Waals surface area contributed by atoms with Gasteiger partial charge in [-0.25, -0.2) is 14.4 Å². The molecule has 0 fully saturated rings. The zero-order valence-corrected chi connectivity index (χ0v) is 14.3. The molecule has 0 spiro atoms. The van der Waals surface area contributed by atoms with E-state index in [0.29, 0.717) is 17.3 Å². The van der Waals surface area contributed by atoms with Gasteiger partial charge in [-0.3, -0.25) is 4.79 Å². The van der Waals surface area contributed by atoms with Gasteiger partial charge in [0.1, 0.15) is 29.0 Å². The lowest BCUT2D eigenvalue weighted by molar-refractivity contribution is -0.115. The highest BCUT2D eigenvalue weighted by molar-refractivity contribution is 7.09. The molecule has 0 aliphatic carbocycles. The van der Waals surface area contributed by atoms with Crippen LogP contribution in [0.4, 0.5) is 10.2 Å². The molecule has 1 N–H and O–H groups in total. The molecule has 0 atom stereocenters.